The Morgan fingerprint density at radius 1 is 1.29 bits per heavy atom. The van der Waals surface area contributed by atoms with Crippen LogP contribution >= 0.6 is 23.1 Å². The van der Waals surface area contributed by atoms with Crippen molar-refractivity contribution >= 4 is 28.9 Å². The fourth-order valence-corrected chi connectivity index (χ4v) is 3.16. The van der Waals surface area contributed by atoms with Crippen molar-refractivity contribution in [3.05, 3.63) is 23.5 Å². The molecule has 0 amide bonds. The van der Waals surface area contributed by atoms with Crippen LogP contribution in [-0.2, 0) is 6.42 Å². The second kappa shape index (κ2) is 5.97. The van der Waals surface area contributed by atoms with E-state index in [2.05, 4.69) is 34.1 Å². The van der Waals surface area contributed by atoms with Crippen molar-refractivity contribution in [2.24, 2.45) is 0 Å². The van der Waals surface area contributed by atoms with E-state index in [-0.39, 0.29) is 0 Å². The summed E-state index contributed by atoms with van der Waals surface area (Å²) in [6.07, 6.45) is 4.33. The molecule has 2 rings (SSSR count). The zero-order valence-corrected chi connectivity index (χ0v) is 11.4. The van der Waals surface area contributed by atoms with Crippen LogP contribution in [0, 0.1) is 0 Å². The summed E-state index contributed by atoms with van der Waals surface area (Å²) in [4.78, 5) is 12.9. The first-order chi connectivity index (χ1) is 8.35. The lowest BCUT2D eigenvalue weighted by molar-refractivity contribution is 0.937. The van der Waals surface area contributed by atoms with Crippen molar-refractivity contribution in [3.63, 3.8) is 0 Å². The van der Waals surface area contributed by atoms with Crippen molar-refractivity contribution < 1.29 is 0 Å². The Bertz CT molecular complexity index is 470. The second-order valence-electron chi connectivity index (χ2n) is 3.29. The highest BCUT2D eigenvalue weighted by atomic mass is 32.2. The zero-order chi connectivity index (χ0) is 12.1. The third-order valence-corrected chi connectivity index (χ3v) is 4.13. The molecule has 0 bridgehead atoms. The first-order valence-electron chi connectivity index (χ1n) is 5.50. The van der Waals surface area contributed by atoms with Crippen LogP contribution in [0.3, 0.4) is 0 Å². The fourth-order valence-electron chi connectivity index (χ4n) is 1.47. The van der Waals surface area contributed by atoms with Crippen LogP contribution in [0.4, 0.5) is 5.82 Å². The third-order valence-electron chi connectivity index (χ3n) is 2.20. The first-order valence-corrected chi connectivity index (χ1v) is 7.19. The molecule has 90 valence electrons. The van der Waals surface area contributed by atoms with Crippen molar-refractivity contribution in [2.75, 3.05) is 11.9 Å². The van der Waals surface area contributed by atoms with Gasteiger partial charge in [0.2, 0.25) is 0 Å². The number of hydrogen-bond donors (Lipinski definition) is 1. The average molecular weight is 266 g/mol. The molecule has 0 atom stereocenters. The van der Waals surface area contributed by atoms with Gasteiger partial charge in [0.05, 0.1) is 0 Å². The van der Waals surface area contributed by atoms with Crippen LogP contribution in [0.15, 0.2) is 27.3 Å². The molecule has 6 heteroatoms. The summed E-state index contributed by atoms with van der Waals surface area (Å²) in [5.41, 5.74) is 1.16. The molecular weight excluding hydrogens is 252 g/mol. The van der Waals surface area contributed by atoms with Crippen molar-refractivity contribution in [3.8, 4) is 0 Å². The molecule has 0 aromatic carbocycles. The second-order valence-corrected chi connectivity index (χ2v) is 5.42. The molecule has 2 heterocycles. The van der Waals surface area contributed by atoms with Crippen LogP contribution in [0.2, 0.25) is 0 Å². The first kappa shape index (κ1) is 12.3. The molecule has 0 saturated heterocycles. The molecule has 0 radical (unpaired) electrons. The maximum atomic E-state index is 4.35. The van der Waals surface area contributed by atoms with Crippen molar-refractivity contribution in [1.29, 1.82) is 0 Å². The number of hydrogen-bond acceptors (Lipinski definition) is 6. The Balaban J connectivity index is 2.29. The van der Waals surface area contributed by atoms with Gasteiger partial charge in [0.15, 0.2) is 4.34 Å². The van der Waals surface area contributed by atoms with E-state index in [0.717, 1.165) is 33.7 Å². The molecule has 4 nitrogen and oxygen atoms in total. The van der Waals surface area contributed by atoms with Gasteiger partial charge in [-0.1, -0.05) is 6.92 Å². The predicted octanol–water partition coefficient (Wildman–Crippen LogP) is 3.08. The van der Waals surface area contributed by atoms with Crippen LogP contribution in [-0.4, -0.2) is 21.5 Å². The molecule has 2 aromatic heterocycles. The normalized spacial score (nSPS) is 10.5. The maximum Gasteiger partial charge on any atom is 0.156 e. The molecule has 0 spiro atoms. The van der Waals surface area contributed by atoms with E-state index in [1.807, 2.05) is 11.6 Å². The Kier molecular flexibility index (Phi) is 4.33. The third kappa shape index (κ3) is 2.95. The minimum Gasteiger partial charge on any atom is -0.370 e. The van der Waals surface area contributed by atoms with Gasteiger partial charge >= 0.3 is 0 Å². The SMILES string of the molecule is CCNc1ncnc(Sc2nccs2)c1CC. The van der Waals surface area contributed by atoms with Gasteiger partial charge in [-0.3, -0.25) is 0 Å². The van der Waals surface area contributed by atoms with Gasteiger partial charge in [-0.2, -0.15) is 0 Å². The summed E-state index contributed by atoms with van der Waals surface area (Å²) >= 11 is 3.23. The fraction of sp³-hybridized carbons (Fsp3) is 0.364. The molecule has 2 aromatic rings. The number of aromatic nitrogens is 3. The number of anilines is 1. The topological polar surface area (TPSA) is 50.7 Å². The molecule has 0 saturated carbocycles. The van der Waals surface area contributed by atoms with E-state index in [1.54, 1.807) is 29.4 Å². The smallest absolute Gasteiger partial charge is 0.156 e. The molecule has 1 N–H and O–H groups in total. The Labute approximate surface area is 109 Å². The monoisotopic (exact) mass is 266 g/mol. The van der Waals surface area contributed by atoms with E-state index in [0.29, 0.717) is 0 Å². The lowest BCUT2D eigenvalue weighted by Crippen LogP contribution is -2.05. The van der Waals surface area contributed by atoms with Crippen LogP contribution in [0.5, 0.6) is 0 Å². The van der Waals surface area contributed by atoms with E-state index >= 15 is 0 Å². The molecule has 0 fully saturated rings. The van der Waals surface area contributed by atoms with Gasteiger partial charge < -0.3 is 5.32 Å². The van der Waals surface area contributed by atoms with E-state index in [4.69, 9.17) is 0 Å². The lowest BCUT2D eigenvalue weighted by atomic mass is 10.2. The summed E-state index contributed by atoms with van der Waals surface area (Å²) < 4.78 is 1.01. The van der Waals surface area contributed by atoms with Gasteiger partial charge in [0.25, 0.3) is 0 Å². The number of nitrogens with zero attached hydrogens (tertiary/aromatic N) is 3. The Hall–Kier alpha value is -1.14. The van der Waals surface area contributed by atoms with Gasteiger partial charge in [-0.15, -0.1) is 11.3 Å². The number of rotatable bonds is 5. The van der Waals surface area contributed by atoms with Gasteiger partial charge in [0, 0.05) is 23.7 Å². The van der Waals surface area contributed by atoms with E-state index in [1.165, 1.54) is 0 Å². The van der Waals surface area contributed by atoms with Crippen LogP contribution in [0.1, 0.15) is 19.4 Å². The molecule has 0 aliphatic heterocycles. The molecule has 0 unspecified atom stereocenters. The van der Waals surface area contributed by atoms with Crippen LogP contribution < -0.4 is 5.32 Å². The molecule has 17 heavy (non-hydrogen) atoms. The highest BCUT2D eigenvalue weighted by molar-refractivity contribution is 8.01. The quantitative estimate of drug-likeness (QED) is 0.843. The Morgan fingerprint density at radius 3 is 2.82 bits per heavy atom. The van der Waals surface area contributed by atoms with Gasteiger partial charge in [-0.05, 0) is 25.1 Å². The van der Waals surface area contributed by atoms with Crippen molar-refractivity contribution in [2.45, 2.75) is 29.6 Å². The maximum absolute atomic E-state index is 4.35. The summed E-state index contributed by atoms with van der Waals surface area (Å²) in [7, 11) is 0. The van der Waals surface area contributed by atoms with Crippen molar-refractivity contribution in [1.82, 2.24) is 15.0 Å². The molecular formula is C11H14N4S2. The number of nitrogens with one attached hydrogen (secondary N) is 1. The lowest BCUT2D eigenvalue weighted by Gasteiger charge is -2.10. The highest BCUT2D eigenvalue weighted by Gasteiger charge is 2.11. The van der Waals surface area contributed by atoms with Gasteiger partial charge in [0.1, 0.15) is 17.2 Å². The standard InChI is InChI=1S/C11H14N4S2/c1-3-8-9(12-4-2)14-7-15-10(8)17-11-13-5-6-16-11/h5-7H,3-4H2,1-2H3,(H,12,14,15). The zero-order valence-electron chi connectivity index (χ0n) is 9.80. The molecule has 0 aliphatic carbocycles. The highest BCUT2D eigenvalue weighted by Crippen LogP contribution is 2.32. The number of thiazole rings is 1. The van der Waals surface area contributed by atoms with Crippen LogP contribution in [0.25, 0.3) is 0 Å². The predicted molar refractivity (Wildman–Crippen MR) is 71.8 cm³/mol. The summed E-state index contributed by atoms with van der Waals surface area (Å²) in [5, 5.41) is 6.23. The molecule has 0 aliphatic rings. The average Bonchev–Trinajstić information content (AvgIpc) is 2.83. The Morgan fingerprint density at radius 2 is 2.18 bits per heavy atom. The largest absolute Gasteiger partial charge is 0.370 e. The summed E-state index contributed by atoms with van der Waals surface area (Å²) in [5.74, 6) is 0.934. The van der Waals surface area contributed by atoms with Gasteiger partial charge in [-0.25, -0.2) is 15.0 Å². The van der Waals surface area contributed by atoms with E-state index in [9.17, 15) is 0 Å². The minimum absolute atomic E-state index is 0.866. The summed E-state index contributed by atoms with van der Waals surface area (Å²) in [6.45, 7) is 5.05. The summed E-state index contributed by atoms with van der Waals surface area (Å²) in [6, 6.07) is 0. The minimum atomic E-state index is 0.866. The van der Waals surface area contributed by atoms with E-state index < -0.39 is 0 Å².